The number of rotatable bonds is 3. The topological polar surface area (TPSA) is 52.6 Å². The molecule has 136 valence electrons. The first-order valence-electron chi connectivity index (χ1n) is 8.52. The van der Waals surface area contributed by atoms with Crippen LogP contribution < -0.4 is 0 Å². The normalized spacial score (nSPS) is 16.2. The molecule has 0 saturated heterocycles. The van der Waals surface area contributed by atoms with Gasteiger partial charge in [0.1, 0.15) is 0 Å². The van der Waals surface area contributed by atoms with E-state index in [9.17, 15) is 9.59 Å². The second kappa shape index (κ2) is 7.08. The minimum absolute atomic E-state index is 0.230. The zero-order valence-corrected chi connectivity index (χ0v) is 16.5. The third-order valence-electron chi connectivity index (χ3n) is 4.75. The third kappa shape index (κ3) is 2.86. The Hall–Kier alpha value is -2.40. The molecule has 3 rings (SSSR count). The van der Waals surface area contributed by atoms with Crippen LogP contribution in [0.25, 0.3) is 17.2 Å². The van der Waals surface area contributed by atoms with Gasteiger partial charge in [0.2, 0.25) is 0 Å². The highest BCUT2D eigenvalue weighted by Gasteiger charge is 2.33. The molecule has 0 unspecified atom stereocenters. The fraction of sp³-hybridized carbons (Fsp3) is 0.333. The number of thiophene rings is 1. The van der Waals surface area contributed by atoms with Crippen LogP contribution in [0.4, 0.5) is 0 Å². The molecule has 0 fully saturated rings. The van der Waals surface area contributed by atoms with E-state index in [1.807, 2.05) is 13.0 Å². The summed E-state index contributed by atoms with van der Waals surface area (Å²) in [5, 5.41) is 2.07. The first-order valence-corrected chi connectivity index (χ1v) is 9.40. The highest BCUT2D eigenvalue weighted by molar-refractivity contribution is 7.11. The lowest BCUT2D eigenvalue weighted by Gasteiger charge is -2.16. The maximum absolute atomic E-state index is 12.7. The predicted molar refractivity (Wildman–Crippen MR) is 104 cm³/mol. The summed E-state index contributed by atoms with van der Waals surface area (Å²) in [6.45, 7) is 6.34. The van der Waals surface area contributed by atoms with Crippen LogP contribution in [-0.2, 0) is 19.1 Å². The molecule has 2 aliphatic carbocycles. The van der Waals surface area contributed by atoms with E-state index in [1.54, 1.807) is 17.4 Å². The van der Waals surface area contributed by atoms with Crippen molar-refractivity contribution in [3.05, 3.63) is 50.3 Å². The van der Waals surface area contributed by atoms with E-state index >= 15 is 0 Å². The summed E-state index contributed by atoms with van der Waals surface area (Å²) in [6, 6.07) is 0. The third-order valence-corrected chi connectivity index (χ3v) is 5.80. The van der Waals surface area contributed by atoms with Crippen molar-refractivity contribution in [3.63, 3.8) is 0 Å². The maximum atomic E-state index is 12.7. The molecule has 0 bridgehead atoms. The molecule has 0 radical (unpaired) electrons. The predicted octanol–water partition coefficient (Wildman–Crippen LogP) is 4.63. The van der Waals surface area contributed by atoms with Gasteiger partial charge in [0.15, 0.2) is 0 Å². The van der Waals surface area contributed by atoms with Crippen LogP contribution in [-0.4, -0.2) is 26.2 Å². The average Bonchev–Trinajstić information content (AvgIpc) is 2.86. The number of ether oxygens (including phenoxy) is 2. The Morgan fingerprint density at radius 3 is 2.42 bits per heavy atom. The van der Waals surface area contributed by atoms with Gasteiger partial charge in [-0.05, 0) is 47.4 Å². The van der Waals surface area contributed by atoms with Crippen LogP contribution in [0.5, 0.6) is 0 Å². The molecule has 1 aromatic rings. The van der Waals surface area contributed by atoms with Gasteiger partial charge in [-0.3, -0.25) is 0 Å². The Morgan fingerprint density at radius 2 is 1.81 bits per heavy atom. The SMILES string of the molecule is COC(=O)C1=C(C(=O)OC)C2=C(C)CC=C(C(C)C)c3scc(c32)C=C1. The lowest BCUT2D eigenvalue weighted by atomic mass is 9.89. The molecule has 0 N–H and O–H groups in total. The van der Waals surface area contributed by atoms with E-state index in [1.165, 1.54) is 19.8 Å². The molecular formula is C21H22O4S. The molecule has 0 saturated carbocycles. The molecule has 1 heterocycles. The Bertz CT molecular complexity index is 906. The summed E-state index contributed by atoms with van der Waals surface area (Å²) in [5.74, 6) is -0.705. The number of allylic oxidation sites excluding steroid dienone is 3. The molecule has 0 spiro atoms. The summed E-state index contributed by atoms with van der Waals surface area (Å²) < 4.78 is 9.96. The highest BCUT2D eigenvalue weighted by Crippen LogP contribution is 2.47. The summed E-state index contributed by atoms with van der Waals surface area (Å²) in [5.41, 5.74) is 5.63. The zero-order valence-electron chi connectivity index (χ0n) is 15.6. The van der Waals surface area contributed by atoms with Gasteiger partial charge in [0, 0.05) is 10.4 Å². The van der Waals surface area contributed by atoms with E-state index in [0.717, 1.165) is 33.6 Å². The molecule has 1 aromatic heterocycles. The van der Waals surface area contributed by atoms with Crippen molar-refractivity contribution < 1.29 is 19.1 Å². The van der Waals surface area contributed by atoms with Crippen LogP contribution in [0.1, 0.15) is 43.2 Å². The molecule has 5 heteroatoms. The number of hydrogen-bond acceptors (Lipinski definition) is 5. The second-order valence-corrected chi connectivity index (χ2v) is 7.55. The Kier molecular flexibility index (Phi) is 5.01. The monoisotopic (exact) mass is 370 g/mol. The molecular weight excluding hydrogens is 348 g/mol. The second-order valence-electron chi connectivity index (χ2n) is 6.67. The minimum atomic E-state index is -0.543. The lowest BCUT2D eigenvalue weighted by molar-refractivity contribution is -0.138. The summed E-state index contributed by atoms with van der Waals surface area (Å²) in [7, 11) is 2.65. The molecule has 26 heavy (non-hydrogen) atoms. The summed E-state index contributed by atoms with van der Waals surface area (Å²) >= 11 is 1.67. The van der Waals surface area contributed by atoms with Crippen molar-refractivity contribution in [2.45, 2.75) is 27.2 Å². The van der Waals surface area contributed by atoms with Gasteiger partial charge in [-0.1, -0.05) is 31.6 Å². The first kappa shape index (κ1) is 18.4. The van der Waals surface area contributed by atoms with E-state index in [0.29, 0.717) is 5.92 Å². The fourth-order valence-corrected chi connectivity index (χ4v) is 4.69. The van der Waals surface area contributed by atoms with E-state index < -0.39 is 11.9 Å². The quantitative estimate of drug-likeness (QED) is 0.728. The van der Waals surface area contributed by atoms with Gasteiger partial charge in [0.25, 0.3) is 0 Å². The van der Waals surface area contributed by atoms with Crippen LogP contribution in [0.3, 0.4) is 0 Å². The van der Waals surface area contributed by atoms with Crippen molar-refractivity contribution in [1.29, 1.82) is 0 Å². The maximum Gasteiger partial charge on any atom is 0.339 e. The zero-order chi connectivity index (χ0) is 19.0. The highest BCUT2D eigenvalue weighted by atomic mass is 32.1. The summed E-state index contributed by atoms with van der Waals surface area (Å²) in [4.78, 5) is 26.2. The number of carbonyl (C=O) groups is 2. The summed E-state index contributed by atoms with van der Waals surface area (Å²) in [6.07, 6.45) is 6.49. The standard InChI is InChI=1S/C21H22O4S/c1-11(2)14-8-6-12(3)16-17-13(10-26-19(14)17)7-9-15(20(22)24-4)18(16)21(23)25-5/h7-11H,6H2,1-5H3. The van der Waals surface area contributed by atoms with E-state index in [2.05, 4.69) is 25.3 Å². The van der Waals surface area contributed by atoms with Crippen molar-refractivity contribution in [1.82, 2.24) is 0 Å². The lowest BCUT2D eigenvalue weighted by Crippen LogP contribution is -2.15. The molecule has 0 aliphatic heterocycles. The molecule has 0 aromatic carbocycles. The van der Waals surface area contributed by atoms with Gasteiger partial charge in [-0.25, -0.2) is 9.59 Å². The number of hydrogen-bond donors (Lipinski definition) is 0. The van der Waals surface area contributed by atoms with Crippen molar-refractivity contribution >= 4 is 40.5 Å². The molecule has 4 nitrogen and oxygen atoms in total. The molecule has 2 aliphatic rings. The van der Waals surface area contributed by atoms with E-state index in [-0.39, 0.29) is 11.1 Å². The van der Waals surface area contributed by atoms with Crippen LogP contribution in [0, 0.1) is 5.92 Å². The Labute approximate surface area is 157 Å². The van der Waals surface area contributed by atoms with Crippen molar-refractivity contribution in [2.24, 2.45) is 5.92 Å². The van der Waals surface area contributed by atoms with E-state index in [4.69, 9.17) is 9.47 Å². The van der Waals surface area contributed by atoms with Crippen LogP contribution in [0.2, 0.25) is 0 Å². The largest absolute Gasteiger partial charge is 0.465 e. The average molecular weight is 370 g/mol. The minimum Gasteiger partial charge on any atom is -0.465 e. The van der Waals surface area contributed by atoms with Gasteiger partial charge >= 0.3 is 11.9 Å². The smallest absolute Gasteiger partial charge is 0.339 e. The van der Waals surface area contributed by atoms with Gasteiger partial charge in [0.05, 0.1) is 25.4 Å². The first-order chi connectivity index (χ1) is 12.4. The number of methoxy groups -OCH3 is 2. The van der Waals surface area contributed by atoms with Crippen LogP contribution >= 0.6 is 11.3 Å². The van der Waals surface area contributed by atoms with Crippen molar-refractivity contribution in [3.8, 4) is 0 Å². The van der Waals surface area contributed by atoms with Crippen molar-refractivity contribution in [2.75, 3.05) is 14.2 Å². The molecule has 0 amide bonds. The fourth-order valence-electron chi connectivity index (χ4n) is 3.46. The van der Waals surface area contributed by atoms with Gasteiger partial charge in [-0.15, -0.1) is 11.3 Å². The molecule has 0 atom stereocenters. The number of carbonyl (C=O) groups excluding carboxylic acids is 2. The van der Waals surface area contributed by atoms with Crippen LogP contribution in [0.15, 0.2) is 34.3 Å². The Morgan fingerprint density at radius 1 is 1.12 bits per heavy atom. The Balaban J connectivity index is 2.38. The van der Waals surface area contributed by atoms with Gasteiger partial charge < -0.3 is 9.47 Å². The van der Waals surface area contributed by atoms with Gasteiger partial charge in [-0.2, -0.15) is 0 Å². The number of esters is 2.